The molecular formula is C60H107NO3. The monoisotopic (exact) mass is 890 g/mol. The minimum atomic E-state index is -0.668. The lowest BCUT2D eigenvalue weighted by atomic mass is 10.0. The molecule has 0 aromatic heterocycles. The largest absolute Gasteiger partial charge is 0.394 e. The zero-order valence-electron chi connectivity index (χ0n) is 42.5. The van der Waals surface area contributed by atoms with E-state index in [4.69, 9.17) is 0 Å². The van der Waals surface area contributed by atoms with Crippen molar-refractivity contribution in [2.24, 2.45) is 0 Å². The van der Waals surface area contributed by atoms with Crippen LogP contribution in [0.1, 0.15) is 271 Å². The molecule has 0 saturated heterocycles. The van der Waals surface area contributed by atoms with Crippen LogP contribution in [0.4, 0.5) is 0 Å². The molecule has 0 fully saturated rings. The number of unbranched alkanes of at least 4 members (excludes halogenated alkanes) is 29. The van der Waals surface area contributed by atoms with Gasteiger partial charge in [-0.15, -0.1) is 0 Å². The van der Waals surface area contributed by atoms with E-state index >= 15 is 0 Å². The van der Waals surface area contributed by atoms with Crippen molar-refractivity contribution in [1.29, 1.82) is 0 Å². The molecule has 2 atom stereocenters. The number of aliphatic hydroxyl groups is 2. The highest BCUT2D eigenvalue weighted by Gasteiger charge is 2.20. The molecule has 0 bridgehead atoms. The Morgan fingerprint density at radius 1 is 0.391 bits per heavy atom. The van der Waals surface area contributed by atoms with Crippen LogP contribution >= 0.6 is 0 Å². The lowest BCUT2D eigenvalue weighted by Gasteiger charge is -2.22. The molecule has 0 spiro atoms. The first-order valence-electron chi connectivity index (χ1n) is 27.8. The normalized spacial score (nSPS) is 13.5. The number of hydrogen-bond acceptors (Lipinski definition) is 3. The third kappa shape index (κ3) is 50.6. The molecule has 0 aliphatic carbocycles. The highest BCUT2D eigenvalue weighted by Crippen LogP contribution is 2.17. The lowest BCUT2D eigenvalue weighted by Crippen LogP contribution is -2.45. The Kier molecular flexibility index (Phi) is 52.8. The van der Waals surface area contributed by atoms with Gasteiger partial charge in [-0.3, -0.25) is 4.79 Å². The molecule has 4 heteroatoms. The summed E-state index contributed by atoms with van der Waals surface area (Å²) >= 11 is 0. The van der Waals surface area contributed by atoms with Crippen molar-refractivity contribution < 1.29 is 15.0 Å². The molecule has 4 nitrogen and oxygen atoms in total. The highest BCUT2D eigenvalue weighted by atomic mass is 16.3. The molecule has 0 radical (unpaired) electrons. The summed E-state index contributed by atoms with van der Waals surface area (Å²) < 4.78 is 0. The summed E-state index contributed by atoms with van der Waals surface area (Å²) in [6, 6.07) is -0.546. The first kappa shape index (κ1) is 61.6. The van der Waals surface area contributed by atoms with Gasteiger partial charge in [-0.1, -0.05) is 279 Å². The Morgan fingerprint density at radius 2 is 0.688 bits per heavy atom. The summed E-state index contributed by atoms with van der Waals surface area (Å²) in [5, 5.41) is 23.3. The predicted octanol–water partition coefficient (Wildman–Crippen LogP) is 18.4. The molecule has 64 heavy (non-hydrogen) atoms. The number of allylic oxidation sites excluding steroid dienone is 14. The molecular weight excluding hydrogens is 783 g/mol. The van der Waals surface area contributed by atoms with Crippen LogP contribution in [-0.4, -0.2) is 34.9 Å². The van der Waals surface area contributed by atoms with Crippen LogP contribution in [-0.2, 0) is 4.79 Å². The lowest BCUT2D eigenvalue weighted by molar-refractivity contribution is -0.123. The topological polar surface area (TPSA) is 69.6 Å². The SMILES string of the molecule is CC/C=C\C/C=C\C/C=C\C/C=C\C/C=C\C/C=C\C/C=C\CCCCCCCCCCCC(=O)NC(CO)C(O)CCCCCCCCCCCCCCCCCCCCCCC. The van der Waals surface area contributed by atoms with Crippen molar-refractivity contribution in [3.8, 4) is 0 Å². The molecule has 1 amide bonds. The molecule has 0 saturated carbocycles. The molecule has 2 unspecified atom stereocenters. The fourth-order valence-corrected chi connectivity index (χ4v) is 8.22. The molecule has 0 aromatic carbocycles. The van der Waals surface area contributed by atoms with E-state index in [0.717, 1.165) is 70.6 Å². The van der Waals surface area contributed by atoms with Gasteiger partial charge in [-0.2, -0.15) is 0 Å². The summed E-state index contributed by atoms with van der Waals surface area (Å²) in [6.07, 6.45) is 79.8. The van der Waals surface area contributed by atoms with Crippen molar-refractivity contribution in [3.63, 3.8) is 0 Å². The van der Waals surface area contributed by atoms with E-state index in [9.17, 15) is 15.0 Å². The highest BCUT2D eigenvalue weighted by molar-refractivity contribution is 5.76. The maximum atomic E-state index is 12.5. The van der Waals surface area contributed by atoms with Crippen molar-refractivity contribution in [2.45, 2.75) is 283 Å². The first-order valence-corrected chi connectivity index (χ1v) is 27.8. The Balaban J connectivity index is 3.54. The molecule has 0 rings (SSSR count). The quantitative estimate of drug-likeness (QED) is 0.0421. The van der Waals surface area contributed by atoms with Gasteiger partial charge in [0.25, 0.3) is 0 Å². The molecule has 3 N–H and O–H groups in total. The molecule has 0 heterocycles. The van der Waals surface area contributed by atoms with E-state index in [0.29, 0.717) is 12.8 Å². The van der Waals surface area contributed by atoms with Crippen molar-refractivity contribution in [2.75, 3.05) is 6.61 Å². The second kappa shape index (κ2) is 54.9. The average Bonchev–Trinajstić information content (AvgIpc) is 3.30. The summed E-state index contributed by atoms with van der Waals surface area (Å²) in [7, 11) is 0. The van der Waals surface area contributed by atoms with Gasteiger partial charge in [-0.05, 0) is 70.6 Å². The number of aliphatic hydroxyl groups excluding tert-OH is 2. The first-order chi connectivity index (χ1) is 31.7. The van der Waals surface area contributed by atoms with Crippen LogP contribution in [0.5, 0.6) is 0 Å². The Hall–Kier alpha value is -2.43. The van der Waals surface area contributed by atoms with E-state index < -0.39 is 12.1 Å². The van der Waals surface area contributed by atoms with Crippen LogP contribution < -0.4 is 5.32 Å². The second-order valence-electron chi connectivity index (χ2n) is 18.6. The Morgan fingerprint density at radius 3 is 1.03 bits per heavy atom. The Bertz CT molecular complexity index is 1150. The summed E-state index contributed by atoms with van der Waals surface area (Å²) in [5.74, 6) is -0.0386. The number of amides is 1. The maximum Gasteiger partial charge on any atom is 0.220 e. The summed E-state index contributed by atoms with van der Waals surface area (Å²) in [5.41, 5.74) is 0. The fourth-order valence-electron chi connectivity index (χ4n) is 8.22. The van der Waals surface area contributed by atoms with Crippen LogP contribution in [0.15, 0.2) is 85.1 Å². The number of nitrogens with one attached hydrogen (secondary N) is 1. The van der Waals surface area contributed by atoms with Crippen LogP contribution in [0, 0.1) is 0 Å². The van der Waals surface area contributed by atoms with Gasteiger partial charge >= 0.3 is 0 Å². The second-order valence-corrected chi connectivity index (χ2v) is 18.6. The number of rotatable bonds is 50. The van der Waals surface area contributed by atoms with Gasteiger partial charge in [0.1, 0.15) is 0 Å². The average molecular weight is 891 g/mol. The van der Waals surface area contributed by atoms with E-state index in [1.807, 2.05) is 0 Å². The third-order valence-corrected chi connectivity index (χ3v) is 12.4. The van der Waals surface area contributed by atoms with Crippen molar-refractivity contribution >= 4 is 5.91 Å². The number of carbonyl (C=O) groups excluding carboxylic acids is 1. The smallest absolute Gasteiger partial charge is 0.220 e. The minimum Gasteiger partial charge on any atom is -0.394 e. The standard InChI is InChI=1S/C60H107NO3/c1-3-5-7-9-11-13-15-17-19-21-23-25-26-27-28-29-30-31-32-33-34-36-38-40-42-44-46-48-50-52-54-56-60(64)61-58(57-62)59(63)55-53-51-49-47-45-43-41-39-37-35-24-22-20-18-16-14-12-10-8-6-4-2/h5,7,11,13,17,19,23,25,27-28,30-31,33-34,58-59,62-63H,3-4,6,8-10,12,14-16,18,20-22,24,26,29,32,35-57H2,1-2H3,(H,61,64)/b7-5-,13-11-,19-17-,25-23-,28-27-,31-30-,34-33-. The van der Waals surface area contributed by atoms with Gasteiger partial charge in [0, 0.05) is 6.42 Å². The van der Waals surface area contributed by atoms with E-state index in [2.05, 4.69) is 104 Å². The summed E-state index contributed by atoms with van der Waals surface area (Å²) in [6.45, 7) is 4.26. The van der Waals surface area contributed by atoms with Gasteiger partial charge in [0.05, 0.1) is 18.8 Å². The number of carbonyl (C=O) groups is 1. The van der Waals surface area contributed by atoms with E-state index in [1.54, 1.807) is 0 Å². The predicted molar refractivity (Wildman–Crippen MR) is 285 cm³/mol. The molecule has 0 aliphatic heterocycles. The molecule has 0 aromatic rings. The van der Waals surface area contributed by atoms with Crippen molar-refractivity contribution in [1.82, 2.24) is 5.32 Å². The van der Waals surface area contributed by atoms with E-state index in [1.165, 1.54) is 173 Å². The summed E-state index contributed by atoms with van der Waals surface area (Å²) in [4.78, 5) is 12.5. The van der Waals surface area contributed by atoms with E-state index in [-0.39, 0.29) is 12.5 Å². The zero-order valence-corrected chi connectivity index (χ0v) is 42.5. The molecule has 0 aliphatic rings. The number of hydrogen-bond donors (Lipinski definition) is 3. The minimum absolute atomic E-state index is 0.0386. The van der Waals surface area contributed by atoms with Gasteiger partial charge in [-0.25, -0.2) is 0 Å². The van der Waals surface area contributed by atoms with Crippen LogP contribution in [0.25, 0.3) is 0 Å². The third-order valence-electron chi connectivity index (χ3n) is 12.4. The van der Waals surface area contributed by atoms with Gasteiger partial charge in [0.2, 0.25) is 5.91 Å². The Labute approximate surface area is 399 Å². The maximum absolute atomic E-state index is 12.5. The fraction of sp³-hybridized carbons (Fsp3) is 0.750. The van der Waals surface area contributed by atoms with Crippen LogP contribution in [0.2, 0.25) is 0 Å². The van der Waals surface area contributed by atoms with Crippen molar-refractivity contribution in [3.05, 3.63) is 85.1 Å². The van der Waals surface area contributed by atoms with Crippen LogP contribution in [0.3, 0.4) is 0 Å². The zero-order chi connectivity index (χ0) is 46.3. The van der Waals surface area contributed by atoms with Gasteiger partial charge in [0.15, 0.2) is 0 Å². The van der Waals surface area contributed by atoms with Gasteiger partial charge < -0.3 is 15.5 Å². The molecule has 370 valence electrons.